The fourth-order valence-electron chi connectivity index (χ4n) is 3.50. The second-order valence-corrected chi connectivity index (χ2v) is 9.91. The van der Waals surface area contributed by atoms with Gasteiger partial charge in [0.05, 0.1) is 15.1 Å². The lowest BCUT2D eigenvalue weighted by Gasteiger charge is -2.08. The maximum Gasteiger partial charge on any atom is 0.279 e. The van der Waals surface area contributed by atoms with E-state index in [9.17, 15) is 13.2 Å². The number of sulfonamides is 1. The Kier molecular flexibility index (Phi) is 5.39. The molecule has 1 amide bonds. The van der Waals surface area contributed by atoms with Crippen LogP contribution in [0.4, 0.5) is 5.69 Å². The van der Waals surface area contributed by atoms with Gasteiger partial charge in [-0.1, -0.05) is 29.5 Å². The molecule has 1 aromatic heterocycles. The van der Waals surface area contributed by atoms with Crippen LogP contribution >= 0.6 is 11.3 Å². The molecule has 1 N–H and O–H groups in total. The number of nitrogens with zero attached hydrogens (tertiary/aromatic N) is 2. The molecule has 2 heterocycles. The maximum atomic E-state index is 12.8. The molecule has 0 bridgehead atoms. The Balaban J connectivity index is 1.42. The van der Waals surface area contributed by atoms with Crippen molar-refractivity contribution in [3.8, 4) is 11.5 Å². The molecular weight excluding hydrogens is 462 g/mol. The van der Waals surface area contributed by atoms with E-state index in [1.165, 1.54) is 23.5 Å². The van der Waals surface area contributed by atoms with Gasteiger partial charge in [-0.25, -0.2) is 8.42 Å². The van der Waals surface area contributed by atoms with E-state index in [2.05, 4.69) is 9.71 Å². The smallest absolute Gasteiger partial charge is 0.279 e. The van der Waals surface area contributed by atoms with Crippen LogP contribution in [-0.2, 0) is 16.6 Å². The minimum atomic E-state index is -3.70. The molecule has 0 spiro atoms. The summed E-state index contributed by atoms with van der Waals surface area (Å²) in [6.45, 7) is 2.81. The highest BCUT2D eigenvalue weighted by Gasteiger charge is 2.18. The number of rotatable bonds is 5. The summed E-state index contributed by atoms with van der Waals surface area (Å²) < 4.78 is 41.3. The second-order valence-electron chi connectivity index (χ2n) is 7.21. The third-order valence-electron chi connectivity index (χ3n) is 5.13. The van der Waals surface area contributed by atoms with E-state index in [4.69, 9.17) is 9.47 Å². The fraction of sp³-hybridized carbons (Fsp3) is 0.130. The van der Waals surface area contributed by atoms with Gasteiger partial charge in [-0.15, -0.1) is 0 Å². The van der Waals surface area contributed by atoms with Crippen LogP contribution in [0.1, 0.15) is 17.3 Å². The number of hydrogen-bond donors (Lipinski definition) is 1. The first-order valence-corrected chi connectivity index (χ1v) is 12.4. The lowest BCUT2D eigenvalue weighted by molar-refractivity contribution is 0.0998. The quantitative estimate of drug-likeness (QED) is 0.465. The topological polar surface area (TPSA) is 99.0 Å². The van der Waals surface area contributed by atoms with Crippen molar-refractivity contribution in [2.45, 2.75) is 18.4 Å². The van der Waals surface area contributed by atoms with Crippen LogP contribution in [-0.4, -0.2) is 25.7 Å². The van der Waals surface area contributed by atoms with Crippen LogP contribution in [0, 0.1) is 0 Å². The third-order valence-corrected chi connectivity index (χ3v) is 7.57. The van der Waals surface area contributed by atoms with Crippen LogP contribution in [0.25, 0.3) is 10.2 Å². The predicted molar refractivity (Wildman–Crippen MR) is 125 cm³/mol. The summed E-state index contributed by atoms with van der Waals surface area (Å²) in [5.74, 6) is 0.939. The molecule has 3 aromatic carbocycles. The number of amides is 1. The number of thiazole rings is 1. The van der Waals surface area contributed by atoms with Gasteiger partial charge in [0.2, 0.25) is 6.79 Å². The average molecular weight is 482 g/mol. The summed E-state index contributed by atoms with van der Waals surface area (Å²) in [6, 6.07) is 18.1. The highest BCUT2D eigenvalue weighted by atomic mass is 32.2. The largest absolute Gasteiger partial charge is 0.454 e. The Labute approximate surface area is 193 Å². The molecule has 0 unspecified atom stereocenters. The van der Waals surface area contributed by atoms with Gasteiger partial charge in [-0.3, -0.25) is 9.52 Å². The van der Waals surface area contributed by atoms with Gasteiger partial charge in [-0.05, 0) is 43.3 Å². The monoisotopic (exact) mass is 481 g/mol. The Hall–Kier alpha value is -3.63. The van der Waals surface area contributed by atoms with Crippen LogP contribution in [0.5, 0.6) is 11.5 Å². The number of aromatic nitrogens is 1. The molecule has 33 heavy (non-hydrogen) atoms. The molecule has 8 nitrogen and oxygen atoms in total. The van der Waals surface area contributed by atoms with Gasteiger partial charge in [0, 0.05) is 29.9 Å². The van der Waals surface area contributed by atoms with Gasteiger partial charge < -0.3 is 14.0 Å². The molecule has 0 fully saturated rings. The van der Waals surface area contributed by atoms with Crippen LogP contribution in [0.2, 0.25) is 0 Å². The third kappa shape index (κ3) is 4.10. The number of benzene rings is 3. The first-order chi connectivity index (χ1) is 15.9. The predicted octanol–water partition coefficient (Wildman–Crippen LogP) is 3.99. The normalized spacial score (nSPS) is 13.4. The summed E-state index contributed by atoms with van der Waals surface area (Å²) in [6.07, 6.45) is 0. The Morgan fingerprint density at radius 2 is 1.76 bits per heavy atom. The number of carbonyl (C=O) groups is 1. The zero-order valence-corrected chi connectivity index (χ0v) is 19.2. The molecule has 4 aromatic rings. The van der Waals surface area contributed by atoms with Gasteiger partial charge in [0.15, 0.2) is 16.3 Å². The highest BCUT2D eigenvalue weighted by molar-refractivity contribution is 7.92. The number of carbonyl (C=O) groups excluding carboxylic acids is 1. The van der Waals surface area contributed by atoms with Crippen molar-refractivity contribution in [2.24, 2.45) is 4.99 Å². The minimum Gasteiger partial charge on any atom is -0.454 e. The summed E-state index contributed by atoms with van der Waals surface area (Å²) >= 11 is 1.39. The van der Waals surface area contributed by atoms with Crippen molar-refractivity contribution < 1.29 is 22.7 Å². The van der Waals surface area contributed by atoms with Crippen molar-refractivity contribution in [3.05, 3.63) is 77.1 Å². The van der Waals surface area contributed by atoms with E-state index >= 15 is 0 Å². The second kappa shape index (κ2) is 8.38. The number of nitrogens with one attached hydrogen (secondary N) is 1. The van der Waals surface area contributed by atoms with E-state index in [1.54, 1.807) is 42.5 Å². The van der Waals surface area contributed by atoms with Gasteiger partial charge >= 0.3 is 0 Å². The lowest BCUT2D eigenvalue weighted by Crippen LogP contribution is -2.16. The molecule has 1 aliphatic rings. The van der Waals surface area contributed by atoms with Gasteiger partial charge in [-0.2, -0.15) is 4.99 Å². The van der Waals surface area contributed by atoms with Crippen LogP contribution in [0.15, 0.2) is 76.6 Å². The number of hydrogen-bond acceptors (Lipinski definition) is 6. The molecule has 0 aliphatic carbocycles. The molecule has 5 rings (SSSR count). The average Bonchev–Trinajstić information content (AvgIpc) is 3.41. The maximum absolute atomic E-state index is 12.8. The molecule has 0 saturated heterocycles. The van der Waals surface area contributed by atoms with E-state index < -0.39 is 15.9 Å². The fourth-order valence-corrected chi connectivity index (χ4v) is 5.68. The Morgan fingerprint density at radius 1 is 1.06 bits per heavy atom. The standard InChI is InChI=1S/C23H19N3O5S2/c1-2-26-18-12-19-20(31-14-30-19)13-21(18)32-23(26)24-22(27)15-8-10-16(11-9-15)25-33(28,29)17-6-4-3-5-7-17/h3-13,25H,2,14H2,1H3. The Bertz CT molecular complexity index is 1520. The summed E-state index contributed by atoms with van der Waals surface area (Å²) in [5.41, 5.74) is 1.63. The SMILES string of the molecule is CCn1c(=NC(=O)c2ccc(NS(=O)(=O)c3ccccc3)cc2)sc2cc3c(cc21)OCO3. The van der Waals surface area contributed by atoms with Crippen molar-refractivity contribution in [2.75, 3.05) is 11.5 Å². The first kappa shape index (κ1) is 21.2. The lowest BCUT2D eigenvalue weighted by atomic mass is 10.2. The van der Waals surface area contributed by atoms with Gasteiger partial charge in [0.25, 0.3) is 15.9 Å². The number of aryl methyl sites for hydroxylation is 1. The number of ether oxygens (including phenoxy) is 2. The van der Waals surface area contributed by atoms with Crippen molar-refractivity contribution in [3.63, 3.8) is 0 Å². The number of anilines is 1. The molecule has 0 radical (unpaired) electrons. The van der Waals surface area contributed by atoms with Crippen molar-refractivity contribution in [1.29, 1.82) is 0 Å². The zero-order valence-electron chi connectivity index (χ0n) is 17.5. The molecule has 0 atom stereocenters. The summed E-state index contributed by atoms with van der Waals surface area (Å²) in [5, 5.41) is 0. The van der Waals surface area contributed by atoms with Crippen LogP contribution < -0.4 is 19.0 Å². The molecule has 10 heteroatoms. The van der Waals surface area contributed by atoms with Crippen LogP contribution in [0.3, 0.4) is 0 Å². The van der Waals surface area contributed by atoms with Crippen molar-refractivity contribution >= 4 is 43.2 Å². The molecular formula is C23H19N3O5S2. The van der Waals surface area contributed by atoms with E-state index in [-0.39, 0.29) is 11.7 Å². The van der Waals surface area contributed by atoms with Gasteiger partial charge in [0.1, 0.15) is 0 Å². The van der Waals surface area contributed by atoms with E-state index in [0.29, 0.717) is 34.1 Å². The van der Waals surface area contributed by atoms with E-state index in [0.717, 1.165) is 10.2 Å². The molecule has 168 valence electrons. The zero-order chi connectivity index (χ0) is 23.0. The van der Waals surface area contributed by atoms with E-state index in [1.807, 2.05) is 23.6 Å². The molecule has 0 saturated carbocycles. The first-order valence-electron chi connectivity index (χ1n) is 10.1. The number of fused-ring (bicyclic) bond motifs is 2. The minimum absolute atomic E-state index is 0.163. The summed E-state index contributed by atoms with van der Waals surface area (Å²) in [4.78, 5) is 17.9. The highest BCUT2D eigenvalue weighted by Crippen LogP contribution is 2.37. The summed E-state index contributed by atoms with van der Waals surface area (Å²) in [7, 11) is -3.70. The Morgan fingerprint density at radius 3 is 2.45 bits per heavy atom. The van der Waals surface area contributed by atoms with Crippen molar-refractivity contribution in [1.82, 2.24) is 4.57 Å². The molecule has 1 aliphatic heterocycles.